The monoisotopic (exact) mass is 417 g/mol. The average molecular weight is 418 g/mol. The summed E-state index contributed by atoms with van der Waals surface area (Å²) in [5, 5.41) is 11.3. The molecular formula is C22H21Cl2NOS. The molecule has 1 N–H and O–H groups in total. The quantitative estimate of drug-likeness (QED) is 0.434. The van der Waals surface area contributed by atoms with Gasteiger partial charge in [-0.3, -0.25) is 4.98 Å². The summed E-state index contributed by atoms with van der Waals surface area (Å²) in [7, 11) is 0. The Kier molecular flexibility index (Phi) is 6.69. The highest BCUT2D eigenvalue weighted by Gasteiger charge is 2.12. The van der Waals surface area contributed by atoms with E-state index in [-0.39, 0.29) is 5.92 Å². The van der Waals surface area contributed by atoms with Gasteiger partial charge in [-0.15, -0.1) is 11.8 Å². The van der Waals surface area contributed by atoms with Gasteiger partial charge >= 0.3 is 0 Å². The number of nitrogens with zero attached hydrogens (tertiary/aromatic N) is 1. The molecule has 0 unspecified atom stereocenters. The van der Waals surface area contributed by atoms with Gasteiger partial charge in [-0.05, 0) is 52.4 Å². The number of rotatable bonds is 6. The highest BCUT2D eigenvalue weighted by molar-refractivity contribution is 7.98. The van der Waals surface area contributed by atoms with Crippen LogP contribution in [0.4, 0.5) is 0 Å². The number of pyridine rings is 1. The van der Waals surface area contributed by atoms with E-state index in [2.05, 4.69) is 24.9 Å². The van der Waals surface area contributed by atoms with Gasteiger partial charge in [0.25, 0.3) is 0 Å². The number of benzene rings is 2. The maximum absolute atomic E-state index is 10.0. The van der Waals surface area contributed by atoms with Crippen LogP contribution in [0.15, 0.2) is 59.8 Å². The Bertz CT molecular complexity index is 906. The number of halogens is 2. The number of hydrogen-bond donors (Lipinski definition) is 1. The number of phenolic OH excluding ortho intramolecular Hbond substituents is 1. The van der Waals surface area contributed by atoms with E-state index in [9.17, 15) is 5.11 Å². The smallest absolute Gasteiger partial charge is 0.119 e. The summed E-state index contributed by atoms with van der Waals surface area (Å²) in [6, 6.07) is 13.6. The topological polar surface area (TPSA) is 33.1 Å². The number of thioether (sulfide) groups is 1. The molecule has 0 amide bonds. The summed E-state index contributed by atoms with van der Waals surface area (Å²) in [4.78, 5) is 5.17. The number of aromatic hydroxyl groups is 1. The second-order valence-corrected chi connectivity index (χ2v) is 8.60. The Morgan fingerprint density at radius 1 is 1.04 bits per heavy atom. The third-order valence-electron chi connectivity index (χ3n) is 4.34. The SMILES string of the molecule is CC(C)c1cc(Cc2c(Cl)cc(SCc3cccnc3)cc2Cl)ccc1O. The van der Waals surface area contributed by atoms with Gasteiger partial charge in [0, 0.05) is 39.5 Å². The summed E-state index contributed by atoms with van der Waals surface area (Å²) < 4.78 is 0. The molecule has 1 heterocycles. The van der Waals surface area contributed by atoms with E-state index in [1.807, 2.05) is 36.5 Å². The number of aromatic nitrogens is 1. The van der Waals surface area contributed by atoms with Crippen molar-refractivity contribution in [2.75, 3.05) is 0 Å². The Balaban J connectivity index is 1.78. The van der Waals surface area contributed by atoms with Gasteiger partial charge in [-0.1, -0.05) is 55.2 Å². The van der Waals surface area contributed by atoms with Gasteiger partial charge in [-0.2, -0.15) is 0 Å². The molecule has 0 bridgehead atoms. The molecule has 140 valence electrons. The van der Waals surface area contributed by atoms with E-state index in [1.54, 1.807) is 24.0 Å². The van der Waals surface area contributed by atoms with Crippen LogP contribution in [0.3, 0.4) is 0 Å². The Morgan fingerprint density at radius 2 is 1.78 bits per heavy atom. The first-order valence-corrected chi connectivity index (χ1v) is 10.5. The minimum atomic E-state index is 0.252. The lowest BCUT2D eigenvalue weighted by atomic mass is 9.96. The van der Waals surface area contributed by atoms with E-state index < -0.39 is 0 Å². The van der Waals surface area contributed by atoms with Gasteiger partial charge in [0.1, 0.15) is 5.75 Å². The van der Waals surface area contributed by atoms with Crippen molar-refractivity contribution in [2.24, 2.45) is 0 Å². The maximum Gasteiger partial charge on any atom is 0.119 e. The molecule has 3 rings (SSSR count). The summed E-state index contributed by atoms with van der Waals surface area (Å²) in [6.45, 7) is 4.13. The fraction of sp³-hybridized carbons (Fsp3) is 0.227. The Labute approximate surface area is 174 Å². The third-order valence-corrected chi connectivity index (χ3v) is 6.06. The van der Waals surface area contributed by atoms with Crippen LogP contribution in [0.2, 0.25) is 10.0 Å². The molecule has 0 spiro atoms. The molecule has 1 aromatic heterocycles. The molecule has 0 aliphatic carbocycles. The van der Waals surface area contributed by atoms with Crippen LogP contribution in [0.1, 0.15) is 42.0 Å². The van der Waals surface area contributed by atoms with E-state index in [1.165, 1.54) is 0 Å². The van der Waals surface area contributed by atoms with Crippen molar-refractivity contribution < 1.29 is 5.11 Å². The van der Waals surface area contributed by atoms with E-state index in [4.69, 9.17) is 23.2 Å². The van der Waals surface area contributed by atoms with Crippen LogP contribution in [0.5, 0.6) is 5.75 Å². The molecule has 0 saturated heterocycles. The van der Waals surface area contributed by atoms with Crippen LogP contribution in [-0.2, 0) is 12.2 Å². The molecule has 0 radical (unpaired) electrons. The van der Waals surface area contributed by atoms with Crippen LogP contribution in [0, 0.1) is 0 Å². The Morgan fingerprint density at radius 3 is 2.41 bits per heavy atom. The molecule has 2 nitrogen and oxygen atoms in total. The van der Waals surface area contributed by atoms with Gasteiger partial charge in [-0.25, -0.2) is 0 Å². The molecule has 0 atom stereocenters. The van der Waals surface area contributed by atoms with Gasteiger partial charge in [0.15, 0.2) is 0 Å². The van der Waals surface area contributed by atoms with Crippen LogP contribution in [-0.4, -0.2) is 10.1 Å². The lowest BCUT2D eigenvalue weighted by Crippen LogP contribution is -1.95. The minimum absolute atomic E-state index is 0.252. The summed E-state index contributed by atoms with van der Waals surface area (Å²) >= 11 is 14.8. The predicted octanol–water partition coefficient (Wildman–Crippen LogP) is 7.10. The van der Waals surface area contributed by atoms with Crippen molar-refractivity contribution in [3.63, 3.8) is 0 Å². The highest BCUT2D eigenvalue weighted by atomic mass is 35.5. The van der Waals surface area contributed by atoms with Crippen LogP contribution < -0.4 is 0 Å². The molecule has 27 heavy (non-hydrogen) atoms. The second kappa shape index (κ2) is 9.01. The standard InChI is InChI=1S/C22H21Cl2NOS/c1-14(2)18-8-15(5-6-22(18)26)9-19-20(23)10-17(11-21(19)24)27-13-16-4-3-7-25-12-16/h3-8,10-12,14,26H,9,13H2,1-2H3. The lowest BCUT2D eigenvalue weighted by Gasteiger charge is -2.13. The molecule has 0 fully saturated rings. The van der Waals surface area contributed by atoms with Gasteiger partial charge in [0.2, 0.25) is 0 Å². The summed E-state index contributed by atoms with van der Waals surface area (Å²) in [6.07, 6.45) is 4.26. The molecule has 3 aromatic rings. The first-order valence-electron chi connectivity index (χ1n) is 8.75. The average Bonchev–Trinajstić information content (AvgIpc) is 2.65. The van der Waals surface area contributed by atoms with Crippen molar-refractivity contribution in [3.8, 4) is 5.75 Å². The van der Waals surface area contributed by atoms with Crippen LogP contribution in [0.25, 0.3) is 0 Å². The predicted molar refractivity (Wildman–Crippen MR) is 115 cm³/mol. The molecule has 0 saturated carbocycles. The van der Waals surface area contributed by atoms with E-state index in [0.717, 1.165) is 32.9 Å². The molecule has 5 heteroatoms. The number of phenols is 1. The number of hydrogen-bond acceptors (Lipinski definition) is 3. The van der Waals surface area contributed by atoms with E-state index >= 15 is 0 Å². The molecule has 2 aromatic carbocycles. The molecule has 0 aliphatic heterocycles. The largest absolute Gasteiger partial charge is 0.508 e. The normalized spacial score (nSPS) is 11.1. The second-order valence-electron chi connectivity index (χ2n) is 6.74. The first kappa shape index (κ1) is 20.1. The van der Waals surface area contributed by atoms with Crippen LogP contribution >= 0.6 is 35.0 Å². The molecular weight excluding hydrogens is 397 g/mol. The highest BCUT2D eigenvalue weighted by Crippen LogP contribution is 2.35. The summed E-state index contributed by atoms with van der Waals surface area (Å²) in [5.74, 6) is 1.39. The zero-order valence-corrected chi connectivity index (χ0v) is 17.6. The minimum Gasteiger partial charge on any atom is -0.508 e. The maximum atomic E-state index is 10.0. The van der Waals surface area contributed by atoms with Crippen molar-refractivity contribution in [3.05, 3.63) is 87.2 Å². The first-order chi connectivity index (χ1) is 12.9. The van der Waals surface area contributed by atoms with Crippen molar-refractivity contribution >= 4 is 35.0 Å². The third kappa shape index (κ3) is 5.19. The van der Waals surface area contributed by atoms with Crippen molar-refractivity contribution in [2.45, 2.75) is 36.8 Å². The zero-order chi connectivity index (χ0) is 19.4. The lowest BCUT2D eigenvalue weighted by molar-refractivity contribution is 0.464. The van der Waals surface area contributed by atoms with Crippen molar-refractivity contribution in [1.29, 1.82) is 0 Å². The molecule has 0 aliphatic rings. The van der Waals surface area contributed by atoms with Crippen molar-refractivity contribution in [1.82, 2.24) is 4.98 Å². The fourth-order valence-electron chi connectivity index (χ4n) is 2.86. The van der Waals surface area contributed by atoms with E-state index in [0.29, 0.717) is 22.2 Å². The summed E-state index contributed by atoms with van der Waals surface area (Å²) in [5.41, 5.74) is 4.08. The van der Waals surface area contributed by atoms with Gasteiger partial charge in [0.05, 0.1) is 0 Å². The van der Waals surface area contributed by atoms with Gasteiger partial charge < -0.3 is 5.11 Å². The zero-order valence-electron chi connectivity index (χ0n) is 15.2. The fourth-order valence-corrected chi connectivity index (χ4v) is 4.52. The Hall–Kier alpha value is -1.68.